The molecule has 24 heavy (non-hydrogen) atoms. The zero-order valence-electron chi connectivity index (χ0n) is 12.6. The number of hydrogen-bond donors (Lipinski definition) is 1. The minimum atomic E-state index is -0.180. The van der Waals surface area contributed by atoms with Crippen LogP contribution in [-0.4, -0.2) is 15.9 Å². The van der Waals surface area contributed by atoms with Gasteiger partial charge in [-0.05, 0) is 36.4 Å². The number of furan rings is 1. The number of thiazole rings is 1. The Morgan fingerprint density at radius 3 is 2.88 bits per heavy atom. The number of fused-ring (bicyclic) bond motifs is 1. The molecule has 0 radical (unpaired) electrons. The molecule has 0 aliphatic heterocycles. The van der Waals surface area contributed by atoms with Gasteiger partial charge in [-0.15, -0.1) is 11.3 Å². The van der Waals surface area contributed by atoms with Crippen molar-refractivity contribution in [2.45, 2.75) is 6.54 Å². The summed E-state index contributed by atoms with van der Waals surface area (Å²) < 4.78 is 6.92. The van der Waals surface area contributed by atoms with E-state index in [2.05, 4.69) is 15.3 Å². The minimum absolute atomic E-state index is 0.180. The highest BCUT2D eigenvalue weighted by Crippen LogP contribution is 2.31. The molecule has 118 valence electrons. The quantitative estimate of drug-likeness (QED) is 0.614. The van der Waals surface area contributed by atoms with E-state index < -0.39 is 0 Å². The third-order valence-electron chi connectivity index (χ3n) is 3.51. The van der Waals surface area contributed by atoms with Crippen LogP contribution in [0, 0.1) is 0 Å². The molecule has 1 N–H and O–H groups in total. The van der Waals surface area contributed by atoms with Gasteiger partial charge in [-0.1, -0.05) is 12.1 Å². The maximum Gasteiger partial charge on any atom is 0.253 e. The average molecular weight is 335 g/mol. The summed E-state index contributed by atoms with van der Waals surface area (Å²) in [6.07, 6.45) is 3.16. The van der Waals surface area contributed by atoms with Crippen molar-refractivity contribution in [3.63, 3.8) is 0 Å². The molecule has 5 nitrogen and oxygen atoms in total. The molecule has 0 bridgehead atoms. The van der Waals surface area contributed by atoms with Crippen molar-refractivity contribution >= 4 is 27.5 Å². The first kappa shape index (κ1) is 14.6. The highest BCUT2D eigenvalue weighted by molar-refractivity contribution is 7.21. The number of nitrogens with one attached hydrogen (secondary N) is 1. The number of benzene rings is 1. The van der Waals surface area contributed by atoms with Crippen molar-refractivity contribution in [2.75, 3.05) is 0 Å². The predicted molar refractivity (Wildman–Crippen MR) is 92.7 cm³/mol. The van der Waals surface area contributed by atoms with Crippen LogP contribution in [0.5, 0.6) is 0 Å². The fourth-order valence-corrected chi connectivity index (χ4v) is 3.26. The van der Waals surface area contributed by atoms with E-state index in [9.17, 15) is 4.79 Å². The number of aromatic nitrogens is 2. The first-order valence-electron chi connectivity index (χ1n) is 7.42. The van der Waals surface area contributed by atoms with Crippen LogP contribution in [0.3, 0.4) is 0 Å². The molecular formula is C18H13N3O2S. The molecule has 0 spiro atoms. The van der Waals surface area contributed by atoms with Gasteiger partial charge < -0.3 is 9.73 Å². The Kier molecular flexibility index (Phi) is 3.80. The molecule has 3 aromatic heterocycles. The molecule has 0 aliphatic carbocycles. The topological polar surface area (TPSA) is 68.0 Å². The zero-order chi connectivity index (χ0) is 16.4. The van der Waals surface area contributed by atoms with Crippen molar-refractivity contribution in [1.29, 1.82) is 0 Å². The van der Waals surface area contributed by atoms with Crippen LogP contribution in [0.15, 0.2) is 65.3 Å². The van der Waals surface area contributed by atoms with Crippen molar-refractivity contribution < 1.29 is 9.21 Å². The summed E-state index contributed by atoms with van der Waals surface area (Å²) in [4.78, 5) is 20.5. The van der Waals surface area contributed by atoms with Crippen LogP contribution in [-0.2, 0) is 6.54 Å². The first-order chi connectivity index (χ1) is 11.8. The number of rotatable bonds is 4. The highest BCUT2D eigenvalue weighted by atomic mass is 32.1. The maximum atomic E-state index is 12.0. The lowest BCUT2D eigenvalue weighted by Gasteiger charge is -2.02. The van der Waals surface area contributed by atoms with Gasteiger partial charge in [0.15, 0.2) is 10.8 Å². The lowest BCUT2D eigenvalue weighted by molar-refractivity contribution is 0.0947. The van der Waals surface area contributed by atoms with Crippen LogP contribution in [0.4, 0.5) is 0 Å². The smallest absolute Gasteiger partial charge is 0.253 e. The van der Waals surface area contributed by atoms with Crippen LogP contribution in [0.25, 0.3) is 21.0 Å². The van der Waals surface area contributed by atoms with E-state index in [1.54, 1.807) is 29.7 Å². The van der Waals surface area contributed by atoms with Gasteiger partial charge in [0.25, 0.3) is 5.91 Å². The van der Waals surface area contributed by atoms with Gasteiger partial charge in [-0.25, -0.2) is 4.98 Å². The average Bonchev–Trinajstić information content (AvgIpc) is 3.27. The van der Waals surface area contributed by atoms with E-state index in [0.29, 0.717) is 23.6 Å². The van der Waals surface area contributed by atoms with Crippen molar-refractivity contribution in [1.82, 2.24) is 15.3 Å². The van der Waals surface area contributed by atoms with Crippen LogP contribution < -0.4 is 5.32 Å². The Labute approximate surface area is 142 Å². The van der Waals surface area contributed by atoms with E-state index in [1.165, 1.54) is 6.20 Å². The van der Waals surface area contributed by atoms with E-state index in [-0.39, 0.29) is 5.91 Å². The van der Waals surface area contributed by atoms with E-state index in [0.717, 1.165) is 15.2 Å². The van der Waals surface area contributed by atoms with Crippen LogP contribution in [0.1, 0.15) is 16.1 Å². The molecule has 3 heterocycles. The SMILES string of the molecule is O=C(NCc1ccc(-c2nc3ccccc3s2)o1)c1cccnc1. The van der Waals surface area contributed by atoms with Gasteiger partial charge in [0, 0.05) is 12.4 Å². The summed E-state index contributed by atoms with van der Waals surface area (Å²) in [5, 5.41) is 3.65. The fraction of sp³-hybridized carbons (Fsp3) is 0.0556. The number of para-hydroxylation sites is 1. The van der Waals surface area contributed by atoms with Crippen LogP contribution in [0.2, 0.25) is 0 Å². The lowest BCUT2D eigenvalue weighted by atomic mass is 10.2. The normalized spacial score (nSPS) is 10.8. The Morgan fingerprint density at radius 1 is 1.12 bits per heavy atom. The predicted octanol–water partition coefficient (Wildman–Crippen LogP) is 3.88. The van der Waals surface area contributed by atoms with Gasteiger partial charge in [0.1, 0.15) is 5.76 Å². The third-order valence-corrected chi connectivity index (χ3v) is 4.56. The Bertz CT molecular complexity index is 959. The number of amides is 1. The summed E-state index contributed by atoms with van der Waals surface area (Å²) in [5.74, 6) is 1.21. The summed E-state index contributed by atoms with van der Waals surface area (Å²) >= 11 is 1.58. The highest BCUT2D eigenvalue weighted by Gasteiger charge is 2.11. The monoisotopic (exact) mass is 335 g/mol. The summed E-state index contributed by atoms with van der Waals surface area (Å²) in [6, 6.07) is 15.2. The van der Waals surface area contributed by atoms with E-state index >= 15 is 0 Å². The van der Waals surface area contributed by atoms with Gasteiger partial charge in [0.05, 0.1) is 22.3 Å². The second kappa shape index (κ2) is 6.25. The number of carbonyl (C=O) groups is 1. The van der Waals surface area contributed by atoms with E-state index in [1.807, 2.05) is 36.4 Å². The second-order valence-electron chi connectivity index (χ2n) is 5.18. The molecule has 4 rings (SSSR count). The number of pyridine rings is 1. The van der Waals surface area contributed by atoms with Gasteiger partial charge in [-0.2, -0.15) is 0 Å². The molecule has 0 fully saturated rings. The van der Waals surface area contributed by atoms with Gasteiger partial charge >= 0.3 is 0 Å². The Morgan fingerprint density at radius 2 is 2.04 bits per heavy atom. The third kappa shape index (κ3) is 2.91. The molecule has 6 heteroatoms. The van der Waals surface area contributed by atoms with Gasteiger partial charge in [-0.3, -0.25) is 9.78 Å². The molecular weight excluding hydrogens is 322 g/mol. The number of hydrogen-bond acceptors (Lipinski definition) is 5. The minimum Gasteiger partial charge on any atom is -0.457 e. The number of nitrogens with zero attached hydrogens (tertiary/aromatic N) is 2. The summed E-state index contributed by atoms with van der Waals surface area (Å²) in [7, 11) is 0. The molecule has 1 amide bonds. The second-order valence-corrected chi connectivity index (χ2v) is 6.21. The summed E-state index contributed by atoms with van der Waals surface area (Å²) in [6.45, 7) is 0.318. The van der Waals surface area contributed by atoms with Crippen molar-refractivity contribution in [2.24, 2.45) is 0 Å². The Hall–Kier alpha value is -2.99. The van der Waals surface area contributed by atoms with Gasteiger partial charge in [0.2, 0.25) is 0 Å². The molecule has 4 aromatic rings. The standard InChI is InChI=1S/C18H13N3O2S/c22-17(12-4-3-9-19-10-12)20-11-13-7-8-15(23-13)18-21-14-5-1-2-6-16(14)24-18/h1-10H,11H2,(H,20,22). The molecule has 0 unspecified atom stereocenters. The lowest BCUT2D eigenvalue weighted by Crippen LogP contribution is -2.22. The largest absolute Gasteiger partial charge is 0.457 e. The van der Waals surface area contributed by atoms with Crippen molar-refractivity contribution in [3.8, 4) is 10.8 Å². The molecule has 1 aromatic carbocycles. The fourth-order valence-electron chi connectivity index (χ4n) is 2.33. The first-order valence-corrected chi connectivity index (χ1v) is 8.24. The number of carbonyl (C=O) groups excluding carboxylic acids is 1. The van der Waals surface area contributed by atoms with Crippen LogP contribution >= 0.6 is 11.3 Å². The maximum absolute atomic E-state index is 12.0. The molecule has 0 saturated carbocycles. The zero-order valence-corrected chi connectivity index (χ0v) is 13.4. The van der Waals surface area contributed by atoms with Crippen molar-refractivity contribution in [3.05, 3.63) is 72.2 Å². The molecule has 0 atom stereocenters. The Balaban J connectivity index is 1.48. The summed E-state index contributed by atoms with van der Waals surface area (Å²) in [5.41, 5.74) is 1.48. The molecule has 0 saturated heterocycles. The van der Waals surface area contributed by atoms with E-state index in [4.69, 9.17) is 4.42 Å². The molecule has 0 aliphatic rings.